The summed E-state index contributed by atoms with van der Waals surface area (Å²) in [6.07, 6.45) is 1.63. The predicted molar refractivity (Wildman–Crippen MR) is 38.0 cm³/mol. The van der Waals surface area contributed by atoms with Crippen LogP contribution in [0.3, 0.4) is 0 Å². The molecule has 0 heterocycles. The molecule has 0 saturated carbocycles. The molecule has 0 atom stereocenters. The minimum atomic E-state index is -0.280. The Bertz CT molecular complexity index is 192. The maximum atomic E-state index is 10.5. The molecule has 52 valence electrons. The number of aldehydes is 1. The van der Waals surface area contributed by atoms with E-state index in [-0.39, 0.29) is 12.2 Å². The third kappa shape index (κ3) is 5.06. The van der Waals surface area contributed by atoms with Gasteiger partial charge < -0.3 is 4.79 Å². The van der Waals surface area contributed by atoms with Crippen LogP contribution in [0.4, 0.5) is 0 Å². The Morgan fingerprint density at radius 3 is 2.90 bits per heavy atom. The molecule has 0 amide bonds. The van der Waals surface area contributed by atoms with E-state index in [2.05, 4.69) is 0 Å². The van der Waals surface area contributed by atoms with Crippen LogP contribution in [0.5, 0.6) is 0 Å². The molecule has 0 fully saturated rings. The van der Waals surface area contributed by atoms with Crippen molar-refractivity contribution < 1.29 is 9.59 Å². The quantitative estimate of drug-likeness (QED) is 0.261. The molecule has 0 rings (SSSR count). The van der Waals surface area contributed by atoms with Gasteiger partial charge >= 0.3 is 0 Å². The van der Waals surface area contributed by atoms with Crippen LogP contribution in [-0.2, 0) is 9.59 Å². The highest BCUT2D eigenvalue weighted by Gasteiger charge is 1.91. The van der Waals surface area contributed by atoms with Crippen molar-refractivity contribution >= 4 is 23.8 Å². The van der Waals surface area contributed by atoms with E-state index in [1.165, 1.54) is 11.5 Å². The van der Waals surface area contributed by atoms with Crippen molar-refractivity contribution in [1.82, 2.24) is 0 Å². The van der Waals surface area contributed by atoms with Crippen LogP contribution in [0.1, 0.15) is 6.42 Å². The second-order valence-electron chi connectivity index (χ2n) is 1.35. The zero-order valence-corrected chi connectivity index (χ0v) is 5.93. The number of hydrogen-bond donors (Lipinski definition) is 0. The number of nitrogens with zero attached hydrogens (tertiary/aromatic N) is 1. The lowest BCUT2D eigenvalue weighted by atomic mass is 10.3. The average molecular weight is 155 g/mol. The van der Waals surface area contributed by atoms with Gasteiger partial charge in [-0.25, -0.2) is 0 Å². The normalized spacial score (nSPS) is 9.10. The molecule has 0 aliphatic carbocycles. The number of hydrogen-bond acceptors (Lipinski definition) is 4. The highest BCUT2D eigenvalue weighted by Crippen LogP contribution is 1.97. The molecular weight excluding hydrogens is 150 g/mol. The lowest BCUT2D eigenvalue weighted by Gasteiger charge is -1.79. The topological polar surface area (TPSA) is 57.9 Å². The Kier molecular flexibility index (Phi) is 5.39. The molecule has 4 heteroatoms. The van der Waals surface area contributed by atoms with Gasteiger partial charge in [0, 0.05) is 0 Å². The number of thioether (sulfide) groups is 1. The molecule has 0 saturated heterocycles. The summed E-state index contributed by atoms with van der Waals surface area (Å²) < 4.78 is 0. The van der Waals surface area contributed by atoms with Gasteiger partial charge in [0.1, 0.15) is 11.7 Å². The summed E-state index contributed by atoms with van der Waals surface area (Å²) in [6, 6.07) is 0. The van der Waals surface area contributed by atoms with Gasteiger partial charge in [0.2, 0.25) is 0 Å². The second kappa shape index (κ2) is 6.05. The molecule has 0 unspecified atom stereocenters. The van der Waals surface area contributed by atoms with E-state index in [0.29, 0.717) is 6.29 Å². The molecule has 0 aromatic heterocycles. The Morgan fingerprint density at radius 1 is 1.70 bits per heavy atom. The summed E-state index contributed by atoms with van der Waals surface area (Å²) in [7, 11) is 0. The molecule has 0 aliphatic heterocycles. The Morgan fingerprint density at radius 2 is 2.40 bits per heavy atom. The summed E-state index contributed by atoms with van der Waals surface area (Å²) in [5, 5.41) is 11.1. The lowest BCUT2D eigenvalue weighted by molar-refractivity contribution is -0.118. The van der Waals surface area contributed by atoms with E-state index < -0.39 is 0 Å². The van der Waals surface area contributed by atoms with Crippen molar-refractivity contribution in [2.75, 3.05) is 0 Å². The first-order chi connectivity index (χ1) is 4.81. The summed E-state index contributed by atoms with van der Waals surface area (Å²) in [5.74, 6) is -0.280. The van der Waals surface area contributed by atoms with E-state index in [1.54, 1.807) is 5.40 Å². The van der Waals surface area contributed by atoms with Crippen molar-refractivity contribution in [2.24, 2.45) is 0 Å². The number of thiocyanates is 1. The predicted octanol–water partition coefficient (Wildman–Crippen LogP) is 0.872. The van der Waals surface area contributed by atoms with Crippen molar-refractivity contribution in [3.05, 3.63) is 11.5 Å². The highest BCUT2D eigenvalue weighted by atomic mass is 32.2. The second-order valence-corrected chi connectivity index (χ2v) is 2.04. The van der Waals surface area contributed by atoms with E-state index in [9.17, 15) is 9.59 Å². The first kappa shape index (κ1) is 8.92. The average Bonchev–Trinajstić information content (AvgIpc) is 1.89. The fourth-order valence-corrected chi connectivity index (χ4v) is 0.571. The van der Waals surface area contributed by atoms with Gasteiger partial charge in [0.05, 0.1) is 6.42 Å². The van der Waals surface area contributed by atoms with Gasteiger partial charge in [-0.15, -0.1) is 0 Å². The zero-order valence-electron chi connectivity index (χ0n) is 5.11. The van der Waals surface area contributed by atoms with Gasteiger partial charge in [-0.05, 0) is 23.2 Å². The zero-order chi connectivity index (χ0) is 7.82. The van der Waals surface area contributed by atoms with E-state index in [1.807, 2.05) is 0 Å². The number of carbonyl (C=O) groups is 2. The van der Waals surface area contributed by atoms with Crippen LogP contribution in [0, 0.1) is 10.7 Å². The third-order valence-electron chi connectivity index (χ3n) is 0.659. The molecule has 0 bridgehead atoms. The molecule has 0 N–H and O–H groups in total. The molecule has 0 aliphatic rings. The maximum Gasteiger partial charge on any atom is 0.163 e. The van der Waals surface area contributed by atoms with Crippen molar-refractivity contribution in [1.29, 1.82) is 5.26 Å². The Labute approximate surface area is 62.7 Å². The van der Waals surface area contributed by atoms with Crippen LogP contribution in [-0.4, -0.2) is 12.1 Å². The SMILES string of the molecule is N#CSC=CC(=O)CC=O. The smallest absolute Gasteiger partial charge is 0.163 e. The number of nitriles is 1. The highest BCUT2D eigenvalue weighted by molar-refractivity contribution is 8.06. The summed E-state index contributed by atoms with van der Waals surface area (Å²) in [5.41, 5.74) is 0. The fourth-order valence-electron chi connectivity index (χ4n) is 0.291. The molecule has 3 nitrogen and oxygen atoms in total. The number of ketones is 1. The number of rotatable bonds is 4. The molecular formula is C6H5NO2S. The van der Waals surface area contributed by atoms with Crippen LogP contribution in [0.25, 0.3) is 0 Å². The third-order valence-corrected chi connectivity index (χ3v) is 1.04. The van der Waals surface area contributed by atoms with Crippen molar-refractivity contribution in [2.45, 2.75) is 6.42 Å². The Balaban J connectivity index is 3.58. The van der Waals surface area contributed by atoms with Gasteiger partial charge in [-0.1, -0.05) is 0 Å². The van der Waals surface area contributed by atoms with Crippen molar-refractivity contribution in [3.63, 3.8) is 0 Å². The fraction of sp³-hybridized carbons (Fsp3) is 0.167. The number of carbonyl (C=O) groups excluding carboxylic acids is 2. The van der Waals surface area contributed by atoms with Crippen molar-refractivity contribution in [3.8, 4) is 5.40 Å². The van der Waals surface area contributed by atoms with E-state index in [0.717, 1.165) is 11.8 Å². The van der Waals surface area contributed by atoms with E-state index >= 15 is 0 Å². The Hall–Kier alpha value is -1.08. The molecule has 0 aromatic carbocycles. The van der Waals surface area contributed by atoms with Crippen LogP contribution < -0.4 is 0 Å². The van der Waals surface area contributed by atoms with Gasteiger partial charge in [0.25, 0.3) is 0 Å². The van der Waals surface area contributed by atoms with Crippen LogP contribution in [0.2, 0.25) is 0 Å². The first-order valence-electron chi connectivity index (χ1n) is 2.49. The van der Waals surface area contributed by atoms with Crippen LogP contribution in [0.15, 0.2) is 11.5 Å². The lowest BCUT2D eigenvalue weighted by Crippen LogP contribution is -1.90. The van der Waals surface area contributed by atoms with Gasteiger partial charge in [-0.3, -0.25) is 4.79 Å². The minimum Gasteiger partial charge on any atom is -0.303 e. The molecule has 0 aromatic rings. The van der Waals surface area contributed by atoms with E-state index in [4.69, 9.17) is 5.26 Å². The molecule has 0 radical (unpaired) electrons. The molecule has 10 heavy (non-hydrogen) atoms. The van der Waals surface area contributed by atoms with Gasteiger partial charge in [-0.2, -0.15) is 5.26 Å². The monoisotopic (exact) mass is 155 g/mol. The minimum absolute atomic E-state index is 0.109. The number of allylic oxidation sites excluding steroid dienone is 1. The summed E-state index contributed by atoms with van der Waals surface area (Å²) in [6.45, 7) is 0. The maximum absolute atomic E-state index is 10.5. The standard InChI is InChI=1S/C6H5NO2S/c7-5-10-4-2-6(9)1-3-8/h2-4H,1H2. The van der Waals surface area contributed by atoms with Crippen LogP contribution >= 0.6 is 11.8 Å². The first-order valence-corrected chi connectivity index (χ1v) is 3.37. The molecule has 0 spiro atoms. The van der Waals surface area contributed by atoms with Gasteiger partial charge in [0.15, 0.2) is 5.78 Å². The largest absolute Gasteiger partial charge is 0.303 e. The summed E-state index contributed by atoms with van der Waals surface area (Å²) in [4.78, 5) is 20.2. The summed E-state index contributed by atoms with van der Waals surface area (Å²) >= 11 is 0.851.